The monoisotopic (exact) mass is 241 g/mol. The molecule has 0 aliphatic carbocycles. The molecule has 1 aromatic heterocycles. The number of nitrogens with zero attached hydrogens (tertiary/aromatic N) is 2. The number of aromatic nitrogens is 1. The summed E-state index contributed by atoms with van der Waals surface area (Å²) >= 11 is 1.71. The highest BCUT2D eigenvalue weighted by Gasteiger charge is 2.22. The zero-order chi connectivity index (χ0) is 12.0. The van der Waals surface area contributed by atoms with Crippen molar-refractivity contribution in [1.29, 1.82) is 0 Å². The number of thiazole rings is 1. The van der Waals surface area contributed by atoms with Crippen molar-refractivity contribution in [2.45, 2.75) is 33.2 Å². The van der Waals surface area contributed by atoms with Gasteiger partial charge in [0.05, 0.1) is 5.54 Å². The van der Waals surface area contributed by atoms with Gasteiger partial charge in [-0.05, 0) is 26.9 Å². The minimum atomic E-state index is -0.0126. The zero-order valence-corrected chi connectivity index (χ0v) is 11.6. The van der Waals surface area contributed by atoms with Crippen molar-refractivity contribution >= 4 is 11.3 Å². The van der Waals surface area contributed by atoms with Crippen LogP contribution >= 0.6 is 11.3 Å². The van der Waals surface area contributed by atoms with E-state index in [2.05, 4.69) is 42.9 Å². The van der Waals surface area contributed by atoms with Crippen LogP contribution in [0, 0.1) is 0 Å². The third-order valence-corrected chi connectivity index (χ3v) is 3.95. The van der Waals surface area contributed by atoms with Gasteiger partial charge in [0.15, 0.2) is 0 Å². The van der Waals surface area contributed by atoms with Crippen molar-refractivity contribution in [2.75, 3.05) is 26.2 Å². The summed E-state index contributed by atoms with van der Waals surface area (Å²) in [5.41, 5.74) is -0.0126. The largest absolute Gasteiger partial charge is 0.305 e. The molecule has 0 spiro atoms. The summed E-state index contributed by atoms with van der Waals surface area (Å²) < 4.78 is 0. The Bertz CT molecular complexity index is 278. The summed E-state index contributed by atoms with van der Waals surface area (Å²) in [4.78, 5) is 6.79. The number of nitrogens with one attached hydrogen (secondary N) is 1. The Hall–Kier alpha value is -0.450. The van der Waals surface area contributed by atoms with E-state index in [0.717, 1.165) is 31.2 Å². The van der Waals surface area contributed by atoms with E-state index >= 15 is 0 Å². The molecule has 1 aromatic rings. The van der Waals surface area contributed by atoms with E-state index in [1.165, 1.54) is 0 Å². The summed E-state index contributed by atoms with van der Waals surface area (Å²) in [5, 5.41) is 6.76. The molecular weight excluding hydrogens is 218 g/mol. The molecule has 1 heterocycles. The van der Waals surface area contributed by atoms with Crippen LogP contribution in [0.15, 0.2) is 11.6 Å². The van der Waals surface area contributed by atoms with Crippen LogP contribution in [-0.4, -0.2) is 36.1 Å². The molecule has 0 amide bonds. The van der Waals surface area contributed by atoms with Crippen LogP contribution in [-0.2, 0) is 5.54 Å². The Kier molecular flexibility index (Phi) is 5.38. The van der Waals surface area contributed by atoms with Gasteiger partial charge >= 0.3 is 0 Å². The predicted molar refractivity (Wildman–Crippen MR) is 70.9 cm³/mol. The van der Waals surface area contributed by atoms with Crippen LogP contribution in [0.5, 0.6) is 0 Å². The molecule has 0 bridgehead atoms. The van der Waals surface area contributed by atoms with E-state index in [1.54, 1.807) is 11.3 Å². The first kappa shape index (κ1) is 13.6. The normalized spacial score (nSPS) is 12.3. The van der Waals surface area contributed by atoms with Gasteiger partial charge in [0.25, 0.3) is 0 Å². The Morgan fingerprint density at radius 3 is 2.56 bits per heavy atom. The molecular formula is C12H23N3S. The van der Waals surface area contributed by atoms with Crippen LogP contribution in [0.3, 0.4) is 0 Å². The maximum atomic E-state index is 4.37. The topological polar surface area (TPSA) is 28.2 Å². The molecule has 0 aliphatic heterocycles. The van der Waals surface area contributed by atoms with Gasteiger partial charge < -0.3 is 10.2 Å². The third kappa shape index (κ3) is 3.85. The summed E-state index contributed by atoms with van der Waals surface area (Å²) in [6.45, 7) is 13.1. The van der Waals surface area contributed by atoms with Crippen molar-refractivity contribution in [3.8, 4) is 0 Å². The first-order valence-corrected chi connectivity index (χ1v) is 6.85. The molecule has 0 radical (unpaired) electrons. The van der Waals surface area contributed by atoms with E-state index < -0.39 is 0 Å². The van der Waals surface area contributed by atoms with Crippen LogP contribution in [0.2, 0.25) is 0 Å². The van der Waals surface area contributed by atoms with Gasteiger partial charge in [-0.2, -0.15) is 0 Å². The molecule has 0 aromatic carbocycles. The molecule has 1 N–H and O–H groups in total. The second-order valence-electron chi connectivity index (χ2n) is 4.42. The van der Waals surface area contributed by atoms with Crippen LogP contribution in [0.25, 0.3) is 0 Å². The Morgan fingerprint density at radius 1 is 1.38 bits per heavy atom. The van der Waals surface area contributed by atoms with E-state index in [9.17, 15) is 0 Å². The van der Waals surface area contributed by atoms with Crippen molar-refractivity contribution in [3.05, 3.63) is 16.6 Å². The number of likely N-dealkylation sites (N-methyl/N-ethyl adjacent to an activating group) is 1. The Labute approximate surface area is 103 Å². The first-order valence-electron chi connectivity index (χ1n) is 5.97. The standard InChI is InChI=1S/C12H23N3S/c1-5-15(6-2)9-7-14-12(3,4)11-13-8-10-16-11/h8,10,14H,5-7,9H2,1-4H3. The molecule has 0 aliphatic rings. The summed E-state index contributed by atoms with van der Waals surface area (Å²) in [6, 6.07) is 0. The molecule has 0 saturated heterocycles. The summed E-state index contributed by atoms with van der Waals surface area (Å²) in [6.07, 6.45) is 1.87. The first-order chi connectivity index (χ1) is 7.60. The fourth-order valence-corrected chi connectivity index (χ4v) is 2.41. The van der Waals surface area contributed by atoms with Crippen molar-refractivity contribution in [2.24, 2.45) is 0 Å². The van der Waals surface area contributed by atoms with Crippen molar-refractivity contribution in [3.63, 3.8) is 0 Å². The lowest BCUT2D eigenvalue weighted by Crippen LogP contribution is -2.41. The molecule has 0 fully saturated rings. The number of hydrogen-bond acceptors (Lipinski definition) is 4. The summed E-state index contributed by atoms with van der Waals surface area (Å²) in [7, 11) is 0. The predicted octanol–water partition coefficient (Wildman–Crippen LogP) is 2.31. The highest BCUT2D eigenvalue weighted by atomic mass is 32.1. The fraction of sp³-hybridized carbons (Fsp3) is 0.750. The van der Waals surface area contributed by atoms with Gasteiger partial charge in [0.2, 0.25) is 0 Å². The van der Waals surface area contributed by atoms with Crippen LogP contribution in [0.1, 0.15) is 32.7 Å². The highest BCUT2D eigenvalue weighted by molar-refractivity contribution is 7.09. The lowest BCUT2D eigenvalue weighted by molar-refractivity contribution is 0.281. The molecule has 0 unspecified atom stereocenters. The second kappa shape index (κ2) is 6.33. The third-order valence-electron chi connectivity index (χ3n) is 2.86. The molecule has 16 heavy (non-hydrogen) atoms. The maximum absolute atomic E-state index is 4.37. The highest BCUT2D eigenvalue weighted by Crippen LogP contribution is 2.21. The average molecular weight is 241 g/mol. The lowest BCUT2D eigenvalue weighted by atomic mass is 10.1. The Balaban J connectivity index is 2.37. The lowest BCUT2D eigenvalue weighted by Gasteiger charge is -2.26. The van der Waals surface area contributed by atoms with E-state index in [0.29, 0.717) is 0 Å². The molecule has 3 nitrogen and oxygen atoms in total. The molecule has 92 valence electrons. The van der Waals surface area contributed by atoms with Gasteiger partial charge in [0, 0.05) is 24.7 Å². The van der Waals surface area contributed by atoms with Gasteiger partial charge in [-0.15, -0.1) is 11.3 Å². The number of rotatable bonds is 7. The molecule has 0 saturated carbocycles. The van der Waals surface area contributed by atoms with E-state index in [1.807, 2.05) is 11.6 Å². The second-order valence-corrected chi connectivity index (χ2v) is 5.31. The molecule has 1 rings (SSSR count). The minimum absolute atomic E-state index is 0.0126. The van der Waals surface area contributed by atoms with E-state index in [-0.39, 0.29) is 5.54 Å². The van der Waals surface area contributed by atoms with Crippen molar-refractivity contribution < 1.29 is 0 Å². The van der Waals surface area contributed by atoms with E-state index in [4.69, 9.17) is 0 Å². The van der Waals surface area contributed by atoms with Crippen LogP contribution in [0.4, 0.5) is 0 Å². The average Bonchev–Trinajstić information content (AvgIpc) is 2.78. The van der Waals surface area contributed by atoms with Gasteiger partial charge in [-0.1, -0.05) is 13.8 Å². The fourth-order valence-electron chi connectivity index (χ4n) is 1.67. The SMILES string of the molecule is CCN(CC)CCNC(C)(C)c1nccs1. The molecule has 0 atom stereocenters. The smallest absolute Gasteiger partial charge is 0.112 e. The maximum Gasteiger partial charge on any atom is 0.112 e. The van der Waals surface area contributed by atoms with Gasteiger partial charge in [-0.3, -0.25) is 0 Å². The Morgan fingerprint density at radius 2 is 2.06 bits per heavy atom. The quantitative estimate of drug-likeness (QED) is 0.794. The zero-order valence-electron chi connectivity index (χ0n) is 10.8. The van der Waals surface area contributed by atoms with Gasteiger partial charge in [0.1, 0.15) is 5.01 Å². The number of hydrogen-bond donors (Lipinski definition) is 1. The van der Waals surface area contributed by atoms with Crippen LogP contribution < -0.4 is 5.32 Å². The minimum Gasteiger partial charge on any atom is -0.305 e. The molecule has 4 heteroatoms. The summed E-state index contributed by atoms with van der Waals surface area (Å²) in [5.74, 6) is 0. The van der Waals surface area contributed by atoms with Crippen molar-refractivity contribution in [1.82, 2.24) is 15.2 Å². The van der Waals surface area contributed by atoms with Gasteiger partial charge in [-0.25, -0.2) is 4.98 Å².